The highest BCUT2D eigenvalue weighted by Gasteiger charge is 2.49. The number of amides is 1. The molecule has 0 unspecified atom stereocenters. The molecule has 3 aliphatic heterocycles. The summed E-state index contributed by atoms with van der Waals surface area (Å²) in [5.41, 5.74) is 0.684. The zero-order chi connectivity index (χ0) is 19.8. The number of piperazine rings is 1. The Bertz CT molecular complexity index is 879. The molecule has 1 amide bonds. The molecule has 5 rings (SSSR count). The minimum absolute atomic E-state index is 0.192. The number of carbonyl (C=O) groups is 1. The first-order chi connectivity index (χ1) is 14.2. The largest absolute Gasteiger partial charge is 0.454 e. The summed E-state index contributed by atoms with van der Waals surface area (Å²) in [5.74, 6) is 1.42. The van der Waals surface area contributed by atoms with Crippen LogP contribution >= 0.6 is 0 Å². The maximum atomic E-state index is 12.6. The summed E-state index contributed by atoms with van der Waals surface area (Å²) in [6.07, 6.45) is 3.72. The van der Waals surface area contributed by atoms with E-state index in [1.807, 2.05) is 12.1 Å². The van der Waals surface area contributed by atoms with Gasteiger partial charge in [-0.1, -0.05) is 18.9 Å². The van der Waals surface area contributed by atoms with Crippen LogP contribution in [0, 0.1) is 17.2 Å². The third kappa shape index (κ3) is 3.29. The van der Waals surface area contributed by atoms with E-state index >= 15 is 0 Å². The normalized spacial score (nSPS) is 25.6. The summed E-state index contributed by atoms with van der Waals surface area (Å²) < 4.78 is 10.8. The third-order valence-electron chi connectivity index (χ3n) is 6.48. The first kappa shape index (κ1) is 18.3. The van der Waals surface area contributed by atoms with Gasteiger partial charge in [0.25, 0.3) is 0 Å². The first-order valence-corrected chi connectivity index (χ1v) is 10.3. The lowest BCUT2D eigenvalue weighted by Gasteiger charge is -2.41. The highest BCUT2D eigenvalue weighted by atomic mass is 16.7. The molecule has 29 heavy (non-hydrogen) atoms. The lowest BCUT2D eigenvalue weighted by atomic mass is 9.82. The minimum Gasteiger partial charge on any atom is -0.454 e. The van der Waals surface area contributed by atoms with Crippen LogP contribution in [-0.2, 0) is 11.3 Å². The Hall–Kier alpha value is -2.79. The maximum absolute atomic E-state index is 12.6. The second kappa shape index (κ2) is 7.23. The van der Waals surface area contributed by atoms with Gasteiger partial charge >= 0.3 is 0 Å². The summed E-state index contributed by atoms with van der Waals surface area (Å²) in [6, 6.07) is 8.29. The molecule has 1 spiro atoms. The van der Waals surface area contributed by atoms with Crippen molar-refractivity contribution in [3.05, 3.63) is 23.8 Å². The summed E-state index contributed by atoms with van der Waals surface area (Å²) >= 11 is 0. The number of rotatable bonds is 2. The fraction of sp³-hybridized carbons (Fsp3) is 0.571. The fourth-order valence-electron chi connectivity index (χ4n) is 4.86. The smallest absolute Gasteiger partial charge is 0.246 e. The van der Waals surface area contributed by atoms with Gasteiger partial charge in [-0.15, -0.1) is 0 Å². The molecule has 4 aliphatic rings. The van der Waals surface area contributed by atoms with Gasteiger partial charge in [-0.3, -0.25) is 15.0 Å². The molecule has 8 nitrogen and oxygen atoms in total. The Labute approximate surface area is 170 Å². The zero-order valence-electron chi connectivity index (χ0n) is 16.4. The van der Waals surface area contributed by atoms with Crippen LogP contribution in [0.3, 0.4) is 0 Å². The van der Waals surface area contributed by atoms with Gasteiger partial charge in [0, 0.05) is 32.7 Å². The summed E-state index contributed by atoms with van der Waals surface area (Å²) in [6.45, 7) is 4.52. The van der Waals surface area contributed by atoms with Crippen LogP contribution in [-0.4, -0.2) is 60.2 Å². The van der Waals surface area contributed by atoms with E-state index in [0.29, 0.717) is 12.8 Å². The van der Waals surface area contributed by atoms with Gasteiger partial charge in [-0.2, -0.15) is 5.26 Å². The monoisotopic (exact) mass is 395 g/mol. The van der Waals surface area contributed by atoms with Crippen LogP contribution in [0.4, 0.5) is 0 Å². The molecule has 2 fully saturated rings. The summed E-state index contributed by atoms with van der Waals surface area (Å²) in [4.78, 5) is 22.0. The maximum Gasteiger partial charge on any atom is 0.246 e. The molecule has 1 aromatic carbocycles. The number of hydrogen-bond donors (Lipinski definition) is 1. The zero-order valence-corrected chi connectivity index (χ0v) is 16.4. The average molecular weight is 395 g/mol. The number of carbonyl (C=O) groups excluding carboxylic acids is 1. The van der Waals surface area contributed by atoms with E-state index in [9.17, 15) is 10.1 Å². The molecule has 1 atom stereocenters. The molecule has 1 aliphatic carbocycles. The van der Waals surface area contributed by atoms with Crippen molar-refractivity contribution in [2.24, 2.45) is 10.9 Å². The fourth-order valence-corrected chi connectivity index (χ4v) is 4.86. The van der Waals surface area contributed by atoms with E-state index in [0.717, 1.165) is 69.9 Å². The number of hydrogen-bond acceptors (Lipinski definition) is 7. The van der Waals surface area contributed by atoms with Crippen LogP contribution < -0.4 is 14.8 Å². The highest BCUT2D eigenvalue weighted by molar-refractivity contribution is 6.02. The third-order valence-corrected chi connectivity index (χ3v) is 6.48. The van der Waals surface area contributed by atoms with Crippen LogP contribution in [0.2, 0.25) is 0 Å². The van der Waals surface area contributed by atoms with E-state index in [4.69, 9.17) is 14.5 Å². The van der Waals surface area contributed by atoms with Crippen molar-refractivity contribution in [2.45, 2.75) is 37.8 Å². The highest BCUT2D eigenvalue weighted by Crippen LogP contribution is 2.41. The van der Waals surface area contributed by atoms with Crippen molar-refractivity contribution >= 4 is 11.9 Å². The Balaban J connectivity index is 1.24. The predicted octanol–water partition coefficient (Wildman–Crippen LogP) is 1.47. The van der Waals surface area contributed by atoms with E-state index in [-0.39, 0.29) is 5.91 Å². The number of benzene rings is 1. The topological polar surface area (TPSA) is 90.2 Å². The minimum atomic E-state index is -0.666. The van der Waals surface area contributed by atoms with Crippen molar-refractivity contribution in [1.82, 2.24) is 15.1 Å². The second-order valence-corrected chi connectivity index (χ2v) is 8.25. The van der Waals surface area contributed by atoms with Crippen molar-refractivity contribution in [2.75, 3.05) is 33.0 Å². The molecule has 1 saturated heterocycles. The van der Waals surface area contributed by atoms with Gasteiger partial charge in [0.2, 0.25) is 18.7 Å². The molecular formula is C21H25N5O3. The molecule has 8 heteroatoms. The quantitative estimate of drug-likeness (QED) is 0.816. The molecule has 1 N–H and O–H groups in total. The van der Waals surface area contributed by atoms with Crippen LogP contribution in [0.1, 0.15) is 31.2 Å². The Morgan fingerprint density at radius 3 is 2.69 bits per heavy atom. The van der Waals surface area contributed by atoms with Gasteiger partial charge in [0.15, 0.2) is 17.4 Å². The summed E-state index contributed by atoms with van der Waals surface area (Å²) in [5, 5.41) is 12.4. The van der Waals surface area contributed by atoms with Crippen LogP contribution in [0.5, 0.6) is 11.5 Å². The Kier molecular flexibility index (Phi) is 4.55. The van der Waals surface area contributed by atoms with Gasteiger partial charge in [-0.25, -0.2) is 4.99 Å². The lowest BCUT2D eigenvalue weighted by Crippen LogP contribution is -2.59. The van der Waals surface area contributed by atoms with Gasteiger partial charge in [0.05, 0.1) is 11.6 Å². The van der Waals surface area contributed by atoms with Crippen molar-refractivity contribution in [3.63, 3.8) is 0 Å². The van der Waals surface area contributed by atoms with E-state index in [1.165, 1.54) is 5.56 Å². The molecule has 0 aromatic heterocycles. The van der Waals surface area contributed by atoms with E-state index in [2.05, 4.69) is 27.3 Å². The Morgan fingerprint density at radius 2 is 1.93 bits per heavy atom. The lowest BCUT2D eigenvalue weighted by molar-refractivity contribution is -0.124. The summed E-state index contributed by atoms with van der Waals surface area (Å²) in [7, 11) is 0. The molecular weight excluding hydrogens is 370 g/mol. The van der Waals surface area contributed by atoms with Crippen molar-refractivity contribution in [3.8, 4) is 17.6 Å². The van der Waals surface area contributed by atoms with E-state index < -0.39 is 11.5 Å². The van der Waals surface area contributed by atoms with E-state index in [1.54, 1.807) is 0 Å². The molecule has 1 aromatic rings. The molecule has 0 radical (unpaired) electrons. The van der Waals surface area contributed by atoms with Crippen LogP contribution in [0.25, 0.3) is 0 Å². The van der Waals surface area contributed by atoms with Crippen LogP contribution in [0.15, 0.2) is 23.2 Å². The molecule has 0 bridgehead atoms. The number of aliphatic imine (C=N–C) groups is 1. The number of fused-ring (bicyclic) bond motifs is 1. The number of ether oxygens (including phenoxy) is 2. The SMILES string of the molecule is N#C[C@H]1C(=O)NC(N2CCN(Cc3ccc4c(c3)OCO4)CC2)=NC12CCCC2. The standard InChI is InChI=1S/C21H25N5O3/c22-12-16-19(27)23-20(24-21(16)5-1-2-6-21)26-9-7-25(8-10-26)13-15-3-4-17-18(11-15)29-14-28-17/h3-4,11,16H,1-2,5-10,13-14H2,(H,23,24,27)/t16-/m0/s1. The first-order valence-electron chi connectivity index (χ1n) is 10.3. The number of nitrogens with zero attached hydrogens (tertiary/aromatic N) is 4. The Morgan fingerprint density at radius 1 is 1.17 bits per heavy atom. The molecule has 1 saturated carbocycles. The van der Waals surface area contributed by atoms with Crippen molar-refractivity contribution < 1.29 is 14.3 Å². The van der Waals surface area contributed by atoms with Gasteiger partial charge < -0.3 is 14.4 Å². The van der Waals surface area contributed by atoms with Gasteiger partial charge in [0.1, 0.15) is 0 Å². The molecule has 152 valence electrons. The average Bonchev–Trinajstić information content (AvgIpc) is 3.38. The number of guanidine groups is 1. The molecule has 3 heterocycles. The van der Waals surface area contributed by atoms with Crippen molar-refractivity contribution in [1.29, 1.82) is 5.26 Å². The van der Waals surface area contributed by atoms with Gasteiger partial charge in [-0.05, 0) is 30.5 Å². The number of nitriles is 1. The second-order valence-electron chi connectivity index (χ2n) is 8.25. The predicted molar refractivity (Wildman–Crippen MR) is 105 cm³/mol. The number of nitrogens with one attached hydrogen (secondary N) is 1.